The Morgan fingerprint density at radius 3 is 2.33 bits per heavy atom. The van der Waals surface area contributed by atoms with Gasteiger partial charge in [-0.15, -0.1) is 0 Å². The van der Waals surface area contributed by atoms with Crippen LogP contribution in [0.4, 0.5) is 5.69 Å². The second kappa shape index (κ2) is 12.5. The van der Waals surface area contributed by atoms with Gasteiger partial charge in [0.05, 0.1) is 8.95 Å². The molecule has 8 nitrogen and oxygen atoms in total. The van der Waals surface area contributed by atoms with Gasteiger partial charge in [0.15, 0.2) is 11.5 Å². The summed E-state index contributed by atoms with van der Waals surface area (Å²) < 4.78 is 7.09. The number of benzene rings is 3. The number of aromatic hydroxyl groups is 1. The van der Waals surface area contributed by atoms with Crippen molar-refractivity contribution < 1.29 is 29.4 Å². The molecule has 3 aromatic rings. The Balaban J connectivity index is 1.93. The highest BCUT2D eigenvalue weighted by molar-refractivity contribution is 9.11. The quantitative estimate of drug-likeness (QED) is 0.172. The molecule has 0 saturated heterocycles. The Morgan fingerprint density at radius 2 is 1.72 bits per heavy atom. The first-order valence-electron chi connectivity index (χ1n) is 11.0. The van der Waals surface area contributed by atoms with Crippen LogP contribution in [-0.2, 0) is 14.4 Å². The minimum atomic E-state index is -1.22. The van der Waals surface area contributed by atoms with Gasteiger partial charge in [-0.25, -0.2) is 4.79 Å². The van der Waals surface area contributed by atoms with Gasteiger partial charge in [-0.1, -0.05) is 37.2 Å². The Labute approximate surface area is 225 Å². The molecule has 1 amide bonds. The number of hydrogen-bond donors (Lipinski definition) is 3. The molecule has 0 heterocycles. The zero-order valence-electron chi connectivity index (χ0n) is 19.5. The van der Waals surface area contributed by atoms with E-state index in [0.29, 0.717) is 31.7 Å². The lowest BCUT2D eigenvalue weighted by Crippen LogP contribution is -2.24. The number of amides is 1. The Kier molecular flexibility index (Phi) is 9.49. The van der Waals surface area contributed by atoms with E-state index in [1.165, 1.54) is 0 Å². The number of oxime groups is 1. The molecule has 3 N–H and O–H groups in total. The van der Waals surface area contributed by atoms with Crippen LogP contribution in [0.25, 0.3) is 0 Å². The molecule has 0 aliphatic heterocycles. The van der Waals surface area contributed by atoms with Gasteiger partial charge >= 0.3 is 5.97 Å². The van der Waals surface area contributed by atoms with Crippen LogP contribution >= 0.6 is 31.9 Å². The van der Waals surface area contributed by atoms with Gasteiger partial charge in [-0.3, -0.25) is 4.79 Å². The number of ether oxygens (including phenoxy) is 1. The lowest BCUT2D eigenvalue weighted by molar-refractivity contribution is -0.142. The molecule has 0 fully saturated rings. The van der Waals surface area contributed by atoms with Crippen LogP contribution in [0.3, 0.4) is 0 Å². The van der Waals surface area contributed by atoms with Gasteiger partial charge < -0.3 is 25.1 Å². The maximum absolute atomic E-state index is 13.0. The van der Waals surface area contributed by atoms with Crippen molar-refractivity contribution in [3.8, 4) is 17.2 Å². The zero-order chi connectivity index (χ0) is 26.2. The number of nitrogens with zero attached hydrogens (tertiary/aromatic N) is 1. The summed E-state index contributed by atoms with van der Waals surface area (Å²) in [5, 5.41) is 25.6. The van der Waals surface area contributed by atoms with Crippen molar-refractivity contribution in [3.05, 3.63) is 80.7 Å². The third-order valence-electron chi connectivity index (χ3n) is 5.22. The third kappa shape index (κ3) is 7.08. The summed E-state index contributed by atoms with van der Waals surface area (Å²) in [6.07, 6.45) is 0.857. The number of hydrogen-bond acceptors (Lipinski definition) is 6. The van der Waals surface area contributed by atoms with Crippen LogP contribution in [0.15, 0.2) is 74.8 Å². The van der Waals surface area contributed by atoms with Gasteiger partial charge in [0, 0.05) is 16.8 Å². The molecular weight excluding hydrogens is 596 g/mol. The van der Waals surface area contributed by atoms with Gasteiger partial charge in [0.25, 0.3) is 5.91 Å². The van der Waals surface area contributed by atoms with Crippen LogP contribution in [0.5, 0.6) is 17.2 Å². The molecule has 188 valence electrons. The zero-order valence-corrected chi connectivity index (χ0v) is 22.7. The molecule has 0 saturated carbocycles. The van der Waals surface area contributed by atoms with E-state index >= 15 is 0 Å². The van der Waals surface area contributed by atoms with Crippen molar-refractivity contribution in [2.45, 2.75) is 26.2 Å². The first kappa shape index (κ1) is 27.2. The maximum atomic E-state index is 13.0. The number of phenolic OH excluding ortho intramolecular Hbond substituents is 1. The normalized spacial score (nSPS) is 12.1. The van der Waals surface area contributed by atoms with E-state index in [1.54, 1.807) is 54.6 Å². The van der Waals surface area contributed by atoms with E-state index in [4.69, 9.17) is 14.7 Å². The monoisotopic (exact) mass is 618 g/mol. The van der Waals surface area contributed by atoms with Gasteiger partial charge in [-0.2, -0.15) is 0 Å². The SMILES string of the molecule is CCC(C)c1cc(Oc2c(Br)cc(/C(=N\OCC(=O)O)C(=O)Nc3ccccc3)cc2Br)ccc1O. The van der Waals surface area contributed by atoms with E-state index in [9.17, 15) is 14.7 Å². The molecule has 0 aliphatic carbocycles. The molecule has 0 spiro atoms. The largest absolute Gasteiger partial charge is 0.508 e. The number of para-hydroxylation sites is 1. The lowest BCUT2D eigenvalue weighted by Gasteiger charge is -2.16. The summed E-state index contributed by atoms with van der Waals surface area (Å²) in [5.74, 6) is -0.493. The van der Waals surface area contributed by atoms with Crippen LogP contribution in [0, 0.1) is 0 Å². The van der Waals surface area contributed by atoms with E-state index < -0.39 is 18.5 Å². The molecule has 0 bridgehead atoms. The van der Waals surface area contributed by atoms with Crippen LogP contribution < -0.4 is 10.1 Å². The molecule has 36 heavy (non-hydrogen) atoms. The third-order valence-corrected chi connectivity index (χ3v) is 6.40. The van der Waals surface area contributed by atoms with E-state index in [1.807, 2.05) is 19.9 Å². The summed E-state index contributed by atoms with van der Waals surface area (Å²) in [6, 6.07) is 17.0. The maximum Gasteiger partial charge on any atom is 0.344 e. The number of rotatable bonds is 10. The fourth-order valence-electron chi connectivity index (χ4n) is 3.21. The predicted molar refractivity (Wildman–Crippen MR) is 144 cm³/mol. The number of halogens is 2. The number of carboxylic acid groups (broad SMARTS) is 1. The average Bonchev–Trinajstić information content (AvgIpc) is 2.84. The van der Waals surface area contributed by atoms with Crippen molar-refractivity contribution in [1.29, 1.82) is 0 Å². The molecule has 1 atom stereocenters. The molecule has 3 aromatic carbocycles. The number of aliphatic carboxylic acids is 1. The van der Waals surface area contributed by atoms with Crippen molar-refractivity contribution in [1.82, 2.24) is 0 Å². The van der Waals surface area contributed by atoms with Crippen LogP contribution in [0.2, 0.25) is 0 Å². The summed E-state index contributed by atoms with van der Waals surface area (Å²) in [5.41, 5.74) is 1.54. The summed E-state index contributed by atoms with van der Waals surface area (Å²) in [6.45, 7) is 3.36. The van der Waals surface area contributed by atoms with Gasteiger partial charge in [0.2, 0.25) is 6.61 Å². The average molecular weight is 620 g/mol. The molecule has 0 aromatic heterocycles. The second-order valence-electron chi connectivity index (χ2n) is 7.83. The highest BCUT2D eigenvalue weighted by Crippen LogP contribution is 2.40. The molecular formula is C26H24Br2N2O6. The number of anilines is 1. The highest BCUT2D eigenvalue weighted by Gasteiger charge is 2.21. The molecule has 0 aliphatic rings. The van der Waals surface area contributed by atoms with E-state index in [2.05, 4.69) is 42.3 Å². The minimum Gasteiger partial charge on any atom is -0.508 e. The molecule has 3 rings (SSSR count). The number of carboxylic acids is 1. The smallest absolute Gasteiger partial charge is 0.344 e. The van der Waals surface area contributed by atoms with Crippen molar-refractivity contribution in [3.63, 3.8) is 0 Å². The number of carbonyl (C=O) groups excluding carboxylic acids is 1. The number of carbonyl (C=O) groups is 2. The van der Waals surface area contributed by atoms with Crippen molar-refractivity contribution in [2.75, 3.05) is 11.9 Å². The molecule has 1 unspecified atom stereocenters. The van der Waals surface area contributed by atoms with E-state index in [-0.39, 0.29) is 17.4 Å². The highest BCUT2D eigenvalue weighted by atomic mass is 79.9. The molecule has 10 heteroatoms. The van der Waals surface area contributed by atoms with E-state index in [0.717, 1.165) is 12.0 Å². The number of nitrogens with one attached hydrogen (secondary N) is 1. The van der Waals surface area contributed by atoms with Crippen LogP contribution in [-0.4, -0.2) is 34.4 Å². The number of phenols is 1. The fraction of sp³-hybridized carbons (Fsp3) is 0.192. The summed E-state index contributed by atoms with van der Waals surface area (Å²) >= 11 is 6.96. The van der Waals surface area contributed by atoms with Crippen molar-refractivity contribution in [2.24, 2.45) is 5.16 Å². The first-order valence-corrected chi connectivity index (χ1v) is 12.6. The van der Waals surface area contributed by atoms with Gasteiger partial charge in [-0.05, 0) is 86.7 Å². The summed E-state index contributed by atoms with van der Waals surface area (Å²) in [4.78, 5) is 28.7. The summed E-state index contributed by atoms with van der Waals surface area (Å²) in [7, 11) is 0. The molecule has 0 radical (unpaired) electrons. The first-order chi connectivity index (χ1) is 17.2. The minimum absolute atomic E-state index is 0.128. The lowest BCUT2D eigenvalue weighted by atomic mass is 9.97. The predicted octanol–water partition coefficient (Wildman–Crippen LogP) is 6.67. The van der Waals surface area contributed by atoms with Crippen LogP contribution in [0.1, 0.15) is 37.3 Å². The Morgan fingerprint density at radius 1 is 1.06 bits per heavy atom. The van der Waals surface area contributed by atoms with Gasteiger partial charge in [0.1, 0.15) is 11.5 Å². The Hall–Kier alpha value is -3.37. The van der Waals surface area contributed by atoms with Crippen molar-refractivity contribution >= 4 is 55.1 Å². The topological polar surface area (TPSA) is 117 Å². The Bertz CT molecular complexity index is 1260. The standard InChI is InChI=1S/C26H24Br2N2O6/c1-3-15(2)19-13-18(9-10-22(19)31)36-25-20(27)11-16(12-21(25)28)24(30-35-14-23(32)33)26(34)29-17-7-5-4-6-8-17/h4-13,15,31H,3,14H2,1-2H3,(H,29,34)(H,32,33)/b30-24+. The second-order valence-corrected chi connectivity index (χ2v) is 9.54. The fourth-order valence-corrected chi connectivity index (χ4v) is 4.56.